The summed E-state index contributed by atoms with van der Waals surface area (Å²) in [6, 6.07) is 7.92. The number of nitrogens with zero attached hydrogens (tertiary/aromatic N) is 3. The fourth-order valence-electron chi connectivity index (χ4n) is 3.17. The van der Waals surface area contributed by atoms with Crippen molar-refractivity contribution in [2.24, 2.45) is 0 Å². The largest absolute Gasteiger partial charge is 0.497 e. The van der Waals surface area contributed by atoms with Crippen molar-refractivity contribution < 1.29 is 19.4 Å². The number of aliphatic carboxylic acids is 1. The first-order valence-electron chi connectivity index (χ1n) is 8.86. The molecule has 146 valence electrons. The predicted molar refractivity (Wildman–Crippen MR) is 104 cm³/mol. The van der Waals surface area contributed by atoms with Crippen molar-refractivity contribution in [1.29, 1.82) is 0 Å². The van der Waals surface area contributed by atoms with Gasteiger partial charge in [0.2, 0.25) is 0 Å². The van der Waals surface area contributed by atoms with Crippen molar-refractivity contribution >= 4 is 17.3 Å². The molecule has 1 atom stereocenters. The van der Waals surface area contributed by atoms with Gasteiger partial charge in [0.05, 0.1) is 32.1 Å². The maximum atomic E-state index is 10.8. The molecule has 27 heavy (non-hydrogen) atoms. The topological polar surface area (TPSA) is 75.1 Å². The number of rotatable bonds is 8. The van der Waals surface area contributed by atoms with Crippen molar-refractivity contribution in [2.45, 2.75) is 12.6 Å². The van der Waals surface area contributed by atoms with Gasteiger partial charge in [0.1, 0.15) is 10.8 Å². The van der Waals surface area contributed by atoms with Crippen LogP contribution in [0.25, 0.3) is 10.6 Å². The number of carboxylic acids is 1. The Morgan fingerprint density at radius 3 is 3.15 bits per heavy atom. The Hall–Kier alpha value is -2.00. The van der Waals surface area contributed by atoms with Crippen LogP contribution in [0.3, 0.4) is 0 Å². The second-order valence-electron chi connectivity index (χ2n) is 6.69. The number of carboxylic acid groups (broad SMARTS) is 1. The summed E-state index contributed by atoms with van der Waals surface area (Å²) in [4.78, 5) is 19.7. The van der Waals surface area contributed by atoms with Gasteiger partial charge in [0.25, 0.3) is 0 Å². The first-order valence-corrected chi connectivity index (χ1v) is 9.74. The van der Waals surface area contributed by atoms with Gasteiger partial charge in [-0.15, -0.1) is 11.3 Å². The van der Waals surface area contributed by atoms with Gasteiger partial charge in [-0.3, -0.25) is 14.6 Å². The number of likely N-dealkylation sites (N-methyl/N-ethyl adjacent to an activating group) is 1. The maximum Gasteiger partial charge on any atom is 0.317 e. The van der Waals surface area contributed by atoms with E-state index in [-0.39, 0.29) is 12.6 Å². The molecule has 0 radical (unpaired) electrons. The van der Waals surface area contributed by atoms with E-state index in [1.54, 1.807) is 30.4 Å². The van der Waals surface area contributed by atoms with E-state index in [9.17, 15) is 4.79 Å². The fourth-order valence-corrected chi connectivity index (χ4v) is 3.98. The lowest BCUT2D eigenvalue weighted by molar-refractivity contribution is -0.138. The highest BCUT2D eigenvalue weighted by molar-refractivity contribution is 7.13. The molecule has 0 bridgehead atoms. The highest BCUT2D eigenvalue weighted by atomic mass is 32.1. The van der Waals surface area contributed by atoms with Crippen LogP contribution in [0.5, 0.6) is 5.75 Å². The molecule has 1 N–H and O–H groups in total. The van der Waals surface area contributed by atoms with E-state index in [4.69, 9.17) is 19.6 Å². The molecule has 0 aliphatic carbocycles. The van der Waals surface area contributed by atoms with Gasteiger partial charge in [0, 0.05) is 37.1 Å². The first-order chi connectivity index (χ1) is 13.0. The second-order valence-corrected chi connectivity index (χ2v) is 7.55. The molecule has 1 unspecified atom stereocenters. The van der Waals surface area contributed by atoms with Crippen molar-refractivity contribution in [1.82, 2.24) is 14.8 Å². The monoisotopic (exact) mass is 391 g/mol. The van der Waals surface area contributed by atoms with E-state index in [0.717, 1.165) is 41.6 Å². The number of carbonyl (C=O) groups is 1. The van der Waals surface area contributed by atoms with Crippen LogP contribution in [0.15, 0.2) is 29.6 Å². The third kappa shape index (κ3) is 5.74. The van der Waals surface area contributed by atoms with Crippen LogP contribution in [-0.2, 0) is 16.1 Å². The molecule has 1 aliphatic rings. The van der Waals surface area contributed by atoms with E-state index >= 15 is 0 Å². The van der Waals surface area contributed by atoms with Crippen molar-refractivity contribution in [2.75, 3.05) is 46.9 Å². The Morgan fingerprint density at radius 1 is 1.52 bits per heavy atom. The number of hydrogen-bond donors (Lipinski definition) is 1. The van der Waals surface area contributed by atoms with Crippen LogP contribution in [-0.4, -0.2) is 78.9 Å². The molecule has 3 rings (SSSR count). The minimum absolute atomic E-state index is 0.0135. The molecule has 1 aromatic carbocycles. The summed E-state index contributed by atoms with van der Waals surface area (Å²) in [7, 11) is 3.46. The molecule has 2 aromatic rings. The molecule has 0 saturated carbocycles. The average molecular weight is 391 g/mol. The van der Waals surface area contributed by atoms with Gasteiger partial charge in [-0.25, -0.2) is 4.98 Å². The lowest BCUT2D eigenvalue weighted by Crippen LogP contribution is -2.47. The number of ether oxygens (including phenoxy) is 2. The van der Waals surface area contributed by atoms with E-state index in [2.05, 4.69) is 10.3 Å². The van der Waals surface area contributed by atoms with Crippen LogP contribution in [0.4, 0.5) is 0 Å². The Labute approximate surface area is 163 Å². The molecule has 1 aliphatic heterocycles. The van der Waals surface area contributed by atoms with E-state index in [1.165, 1.54) is 0 Å². The predicted octanol–water partition coefficient (Wildman–Crippen LogP) is 2.04. The van der Waals surface area contributed by atoms with Crippen molar-refractivity contribution in [3.05, 3.63) is 35.3 Å². The van der Waals surface area contributed by atoms with Crippen LogP contribution in [0, 0.1) is 0 Å². The first kappa shape index (κ1) is 19.8. The Bertz CT molecular complexity index is 767. The van der Waals surface area contributed by atoms with Crippen LogP contribution >= 0.6 is 11.3 Å². The zero-order chi connectivity index (χ0) is 19.2. The van der Waals surface area contributed by atoms with Gasteiger partial charge in [0.15, 0.2) is 0 Å². The van der Waals surface area contributed by atoms with Gasteiger partial charge in [-0.1, -0.05) is 12.1 Å². The van der Waals surface area contributed by atoms with Gasteiger partial charge in [-0.05, 0) is 19.2 Å². The van der Waals surface area contributed by atoms with Crippen molar-refractivity contribution in [3.63, 3.8) is 0 Å². The van der Waals surface area contributed by atoms with Gasteiger partial charge < -0.3 is 14.6 Å². The zero-order valence-electron chi connectivity index (χ0n) is 15.6. The summed E-state index contributed by atoms with van der Waals surface area (Å²) in [5, 5.41) is 12.0. The molecule has 2 heterocycles. The SMILES string of the molecule is COc1cccc(-c2nc(CN3CCOC(CN(C)CC(=O)O)C3)cs2)c1. The molecule has 7 nitrogen and oxygen atoms in total. The summed E-state index contributed by atoms with van der Waals surface area (Å²) < 4.78 is 11.1. The summed E-state index contributed by atoms with van der Waals surface area (Å²) in [5.74, 6) is 0.00321. The molecule has 1 saturated heterocycles. The number of hydrogen-bond acceptors (Lipinski definition) is 7. The highest BCUT2D eigenvalue weighted by Gasteiger charge is 2.23. The van der Waals surface area contributed by atoms with E-state index < -0.39 is 5.97 Å². The molecule has 8 heteroatoms. The molecule has 1 fully saturated rings. The molecule has 0 spiro atoms. The van der Waals surface area contributed by atoms with Crippen LogP contribution in [0.2, 0.25) is 0 Å². The van der Waals surface area contributed by atoms with E-state index in [1.807, 2.05) is 24.3 Å². The average Bonchev–Trinajstić information content (AvgIpc) is 3.10. The summed E-state index contributed by atoms with van der Waals surface area (Å²) >= 11 is 1.63. The lowest BCUT2D eigenvalue weighted by atomic mass is 10.2. The van der Waals surface area contributed by atoms with E-state index in [0.29, 0.717) is 13.2 Å². The zero-order valence-corrected chi connectivity index (χ0v) is 16.4. The summed E-state index contributed by atoms with van der Waals surface area (Å²) in [5.41, 5.74) is 2.10. The molecule has 0 amide bonds. The quantitative estimate of drug-likeness (QED) is 0.738. The van der Waals surface area contributed by atoms with Crippen LogP contribution < -0.4 is 4.74 Å². The lowest BCUT2D eigenvalue weighted by Gasteiger charge is -2.34. The minimum Gasteiger partial charge on any atom is -0.497 e. The second kappa shape index (κ2) is 9.27. The van der Waals surface area contributed by atoms with Crippen molar-refractivity contribution in [3.8, 4) is 16.3 Å². The maximum absolute atomic E-state index is 10.8. The molecular weight excluding hydrogens is 366 g/mol. The molecule has 1 aromatic heterocycles. The Morgan fingerprint density at radius 2 is 2.37 bits per heavy atom. The van der Waals surface area contributed by atoms with Gasteiger partial charge >= 0.3 is 5.97 Å². The number of morpholine rings is 1. The molecular formula is C19H25N3O4S. The number of methoxy groups -OCH3 is 1. The smallest absolute Gasteiger partial charge is 0.317 e. The van der Waals surface area contributed by atoms with Gasteiger partial charge in [-0.2, -0.15) is 0 Å². The summed E-state index contributed by atoms with van der Waals surface area (Å²) in [6.45, 7) is 3.67. The van der Waals surface area contributed by atoms with Crippen LogP contribution in [0.1, 0.15) is 5.69 Å². The minimum atomic E-state index is -0.822. The highest BCUT2D eigenvalue weighted by Crippen LogP contribution is 2.27. The normalized spacial score (nSPS) is 18.0. The number of thiazole rings is 1. The Kier molecular flexibility index (Phi) is 6.78. The summed E-state index contributed by atoms with van der Waals surface area (Å²) in [6.07, 6.45) is 0.0135. The third-order valence-corrected chi connectivity index (χ3v) is 5.34. The standard InChI is InChI=1S/C19H25N3O4S/c1-21(12-18(23)24)10-17-11-22(6-7-26-17)9-15-13-27-19(20-15)14-4-3-5-16(8-14)25-2/h3-5,8,13,17H,6-7,9-12H2,1-2H3,(H,23,24). The third-order valence-electron chi connectivity index (χ3n) is 4.40. The number of aromatic nitrogens is 1. The fraction of sp³-hybridized carbons (Fsp3) is 0.474. The number of benzene rings is 1. The Balaban J connectivity index is 1.57.